The third-order valence-electron chi connectivity index (χ3n) is 1.38. The van der Waals surface area contributed by atoms with Crippen LogP contribution in [0.2, 0.25) is 0 Å². The third kappa shape index (κ3) is 1.33. The minimum absolute atomic E-state index is 0.137. The topological polar surface area (TPSA) is 64.9 Å². The van der Waals surface area contributed by atoms with Gasteiger partial charge in [0.15, 0.2) is 0 Å². The molecule has 4 nitrogen and oxygen atoms in total. The van der Waals surface area contributed by atoms with Gasteiger partial charge in [0, 0.05) is 0 Å². The molecular weight excluding hydrogens is 130 g/mol. The molecule has 10 heavy (non-hydrogen) atoms. The van der Waals surface area contributed by atoms with Crippen molar-refractivity contribution in [3.05, 3.63) is 12.3 Å². The van der Waals surface area contributed by atoms with Crippen molar-refractivity contribution >= 4 is 0 Å². The van der Waals surface area contributed by atoms with Crippen LogP contribution in [0.5, 0.6) is 0 Å². The van der Waals surface area contributed by atoms with Crippen molar-refractivity contribution in [2.24, 2.45) is 11.7 Å². The van der Waals surface area contributed by atoms with Gasteiger partial charge in [-0.3, -0.25) is 0 Å². The number of aromatic nitrogens is 2. The average Bonchev–Trinajstić information content (AvgIpc) is 2.36. The van der Waals surface area contributed by atoms with Crippen molar-refractivity contribution in [1.29, 1.82) is 0 Å². The van der Waals surface area contributed by atoms with E-state index in [0.29, 0.717) is 11.8 Å². The molecule has 0 bridgehead atoms. The molecule has 0 aliphatic carbocycles. The van der Waals surface area contributed by atoms with Gasteiger partial charge in [-0.2, -0.15) is 0 Å². The lowest BCUT2D eigenvalue weighted by Crippen LogP contribution is -2.16. The molecule has 0 unspecified atom stereocenters. The van der Waals surface area contributed by atoms with Gasteiger partial charge in [0.05, 0.1) is 6.04 Å². The quantitative estimate of drug-likeness (QED) is 0.659. The number of nitrogens with zero attached hydrogens (tertiary/aromatic N) is 2. The van der Waals surface area contributed by atoms with E-state index in [1.54, 1.807) is 0 Å². The Morgan fingerprint density at radius 2 is 2.30 bits per heavy atom. The maximum absolute atomic E-state index is 5.69. The Bertz CT molecular complexity index is 183. The Hall–Kier alpha value is -0.900. The first kappa shape index (κ1) is 7.21. The molecule has 4 heteroatoms. The van der Waals surface area contributed by atoms with Crippen LogP contribution in [0.25, 0.3) is 0 Å². The van der Waals surface area contributed by atoms with Gasteiger partial charge in [0.1, 0.15) is 0 Å². The maximum Gasteiger partial charge on any atom is 0.233 e. The summed E-state index contributed by atoms with van der Waals surface area (Å²) in [6, 6.07) is -0.137. The Kier molecular flexibility index (Phi) is 2.01. The minimum Gasteiger partial charge on any atom is -0.426 e. The van der Waals surface area contributed by atoms with Gasteiger partial charge in [-0.15, -0.1) is 10.2 Å². The van der Waals surface area contributed by atoms with Gasteiger partial charge in [-0.1, -0.05) is 13.8 Å². The van der Waals surface area contributed by atoms with Gasteiger partial charge in [-0.25, -0.2) is 0 Å². The molecule has 0 amide bonds. The predicted molar refractivity (Wildman–Crippen MR) is 36.1 cm³/mol. The van der Waals surface area contributed by atoms with Crippen LogP contribution in [0.4, 0.5) is 0 Å². The molecule has 0 aromatic carbocycles. The average molecular weight is 141 g/mol. The number of rotatable bonds is 2. The van der Waals surface area contributed by atoms with E-state index >= 15 is 0 Å². The molecular formula is C6H11N3O. The standard InChI is InChI=1S/C6H11N3O/c1-4(2)5(7)6-9-8-3-10-6/h3-5H,7H2,1-2H3/t5-/m0/s1. The van der Waals surface area contributed by atoms with Crippen molar-refractivity contribution in [3.8, 4) is 0 Å². The van der Waals surface area contributed by atoms with E-state index in [9.17, 15) is 0 Å². The highest BCUT2D eigenvalue weighted by Gasteiger charge is 2.14. The summed E-state index contributed by atoms with van der Waals surface area (Å²) in [6.45, 7) is 4.02. The zero-order valence-corrected chi connectivity index (χ0v) is 6.11. The number of hydrogen-bond donors (Lipinski definition) is 1. The molecule has 0 saturated heterocycles. The molecule has 1 aromatic heterocycles. The van der Waals surface area contributed by atoms with Gasteiger partial charge >= 0.3 is 0 Å². The van der Waals surface area contributed by atoms with Crippen molar-refractivity contribution in [2.75, 3.05) is 0 Å². The van der Waals surface area contributed by atoms with E-state index in [0.717, 1.165) is 0 Å². The largest absolute Gasteiger partial charge is 0.426 e. The van der Waals surface area contributed by atoms with E-state index < -0.39 is 0 Å². The van der Waals surface area contributed by atoms with E-state index in [-0.39, 0.29) is 6.04 Å². The van der Waals surface area contributed by atoms with Crippen LogP contribution in [-0.4, -0.2) is 10.2 Å². The Morgan fingerprint density at radius 3 is 2.70 bits per heavy atom. The summed E-state index contributed by atoms with van der Waals surface area (Å²) in [5.74, 6) is 0.843. The first-order valence-electron chi connectivity index (χ1n) is 3.23. The molecule has 1 atom stereocenters. The zero-order valence-electron chi connectivity index (χ0n) is 6.11. The van der Waals surface area contributed by atoms with Crippen molar-refractivity contribution in [1.82, 2.24) is 10.2 Å². The van der Waals surface area contributed by atoms with E-state index in [2.05, 4.69) is 10.2 Å². The highest BCUT2D eigenvalue weighted by atomic mass is 16.4. The molecule has 0 aliphatic heterocycles. The van der Waals surface area contributed by atoms with Crippen LogP contribution in [0, 0.1) is 5.92 Å². The van der Waals surface area contributed by atoms with Crippen LogP contribution in [0.1, 0.15) is 25.8 Å². The molecule has 1 rings (SSSR count). The summed E-state index contributed by atoms with van der Waals surface area (Å²) in [5.41, 5.74) is 5.69. The molecule has 0 fully saturated rings. The SMILES string of the molecule is CC(C)[C@H](N)c1nnco1. The van der Waals surface area contributed by atoms with Crippen LogP contribution in [0.3, 0.4) is 0 Å². The zero-order chi connectivity index (χ0) is 7.56. The van der Waals surface area contributed by atoms with Crippen LogP contribution >= 0.6 is 0 Å². The summed E-state index contributed by atoms with van der Waals surface area (Å²) in [6.07, 6.45) is 1.29. The monoisotopic (exact) mass is 141 g/mol. The molecule has 56 valence electrons. The lowest BCUT2D eigenvalue weighted by molar-refractivity contribution is 0.388. The van der Waals surface area contributed by atoms with E-state index in [4.69, 9.17) is 10.2 Å². The smallest absolute Gasteiger partial charge is 0.233 e. The lowest BCUT2D eigenvalue weighted by atomic mass is 10.1. The molecule has 0 spiro atoms. The predicted octanol–water partition coefficient (Wildman–Crippen LogP) is 0.725. The van der Waals surface area contributed by atoms with Crippen LogP contribution < -0.4 is 5.73 Å². The number of hydrogen-bond acceptors (Lipinski definition) is 4. The van der Waals surface area contributed by atoms with Gasteiger partial charge in [-0.05, 0) is 5.92 Å². The second-order valence-corrected chi connectivity index (χ2v) is 2.55. The molecule has 0 radical (unpaired) electrons. The normalized spacial score (nSPS) is 14.0. The van der Waals surface area contributed by atoms with Gasteiger partial charge in [0.25, 0.3) is 0 Å². The van der Waals surface area contributed by atoms with Gasteiger partial charge in [0.2, 0.25) is 12.3 Å². The summed E-state index contributed by atoms with van der Waals surface area (Å²) < 4.78 is 4.91. The minimum atomic E-state index is -0.137. The van der Waals surface area contributed by atoms with Gasteiger partial charge < -0.3 is 10.2 Å². The fourth-order valence-corrected chi connectivity index (χ4v) is 0.612. The summed E-state index contributed by atoms with van der Waals surface area (Å²) in [5, 5.41) is 7.22. The fourth-order valence-electron chi connectivity index (χ4n) is 0.612. The Labute approximate surface area is 59.4 Å². The lowest BCUT2D eigenvalue weighted by Gasteiger charge is -2.09. The molecule has 2 N–H and O–H groups in total. The Morgan fingerprint density at radius 1 is 1.60 bits per heavy atom. The number of nitrogens with two attached hydrogens (primary N) is 1. The second-order valence-electron chi connectivity index (χ2n) is 2.55. The molecule has 1 heterocycles. The van der Waals surface area contributed by atoms with Crippen LogP contribution in [-0.2, 0) is 0 Å². The molecule has 1 aromatic rings. The van der Waals surface area contributed by atoms with Crippen molar-refractivity contribution in [2.45, 2.75) is 19.9 Å². The summed E-state index contributed by atoms with van der Waals surface area (Å²) in [4.78, 5) is 0. The highest BCUT2D eigenvalue weighted by Crippen LogP contribution is 2.14. The van der Waals surface area contributed by atoms with Crippen LogP contribution in [0.15, 0.2) is 10.8 Å². The first-order valence-corrected chi connectivity index (χ1v) is 3.23. The fraction of sp³-hybridized carbons (Fsp3) is 0.667. The van der Waals surface area contributed by atoms with E-state index in [1.165, 1.54) is 6.39 Å². The second kappa shape index (κ2) is 2.79. The maximum atomic E-state index is 5.69. The molecule has 0 saturated carbocycles. The highest BCUT2D eigenvalue weighted by molar-refractivity contribution is 4.85. The first-order chi connectivity index (χ1) is 4.72. The van der Waals surface area contributed by atoms with E-state index in [1.807, 2.05) is 13.8 Å². The summed E-state index contributed by atoms with van der Waals surface area (Å²) >= 11 is 0. The third-order valence-corrected chi connectivity index (χ3v) is 1.38. The van der Waals surface area contributed by atoms with Crippen molar-refractivity contribution in [3.63, 3.8) is 0 Å². The van der Waals surface area contributed by atoms with Crippen molar-refractivity contribution < 1.29 is 4.42 Å². The Balaban J connectivity index is 2.68. The summed E-state index contributed by atoms with van der Waals surface area (Å²) in [7, 11) is 0. The molecule has 0 aliphatic rings.